The fourth-order valence-electron chi connectivity index (χ4n) is 4.74. The molecule has 0 saturated heterocycles. The van der Waals surface area contributed by atoms with Crippen LogP contribution in [0.15, 0.2) is 24.5 Å². The van der Waals surface area contributed by atoms with Crippen LogP contribution in [0.3, 0.4) is 0 Å². The van der Waals surface area contributed by atoms with Crippen molar-refractivity contribution in [3.63, 3.8) is 0 Å². The molecule has 0 bridgehead atoms. The largest absolute Gasteiger partial charge is 0.465 e. The molecule has 1 unspecified atom stereocenters. The number of pyridine rings is 1. The van der Waals surface area contributed by atoms with E-state index in [1.54, 1.807) is 0 Å². The Morgan fingerprint density at radius 2 is 1.92 bits per heavy atom. The number of carbonyl (C=O) groups excluding carboxylic acids is 2. The predicted molar refractivity (Wildman–Crippen MR) is 134 cm³/mol. The van der Waals surface area contributed by atoms with Gasteiger partial charge in [0.2, 0.25) is 11.7 Å². The van der Waals surface area contributed by atoms with Crippen LogP contribution in [0.5, 0.6) is 0 Å². The minimum absolute atomic E-state index is 0.126. The predicted octanol–water partition coefficient (Wildman–Crippen LogP) is 4.65. The number of rotatable bonds is 10. The lowest BCUT2D eigenvalue weighted by atomic mass is 9.72. The van der Waals surface area contributed by atoms with E-state index in [0.717, 1.165) is 56.1 Å². The van der Waals surface area contributed by atoms with E-state index in [4.69, 9.17) is 9.72 Å². The zero-order chi connectivity index (χ0) is 27.3. The number of hydrogen-bond donors (Lipinski definition) is 2. The zero-order valence-corrected chi connectivity index (χ0v) is 21.7. The summed E-state index contributed by atoms with van der Waals surface area (Å²) in [5, 5.41) is 6.17. The Labute approximate surface area is 220 Å². The number of ether oxygens (including phenoxy) is 1. The molecule has 0 radical (unpaired) electrons. The molecule has 3 heterocycles. The fourth-order valence-corrected chi connectivity index (χ4v) is 4.74. The number of carbonyl (C=O) groups is 2. The Balaban J connectivity index is 1.31. The molecular weight excluding hydrogens is 499 g/mol. The van der Waals surface area contributed by atoms with E-state index < -0.39 is 24.0 Å². The Hall–Kier alpha value is -3.24. The van der Waals surface area contributed by atoms with E-state index in [-0.39, 0.29) is 36.3 Å². The Morgan fingerprint density at radius 3 is 2.61 bits per heavy atom. The average Bonchev–Trinajstić information content (AvgIpc) is 2.85. The third-order valence-corrected chi connectivity index (χ3v) is 6.96. The van der Waals surface area contributed by atoms with Gasteiger partial charge in [-0.2, -0.15) is 13.2 Å². The van der Waals surface area contributed by atoms with Crippen molar-refractivity contribution in [3.05, 3.63) is 47.2 Å². The van der Waals surface area contributed by atoms with Gasteiger partial charge in [0.25, 0.3) is 0 Å². The molecule has 8 nitrogen and oxygen atoms in total. The first-order valence-corrected chi connectivity index (χ1v) is 13.2. The van der Waals surface area contributed by atoms with Crippen molar-refractivity contribution < 1.29 is 27.5 Å². The summed E-state index contributed by atoms with van der Waals surface area (Å²) in [5.41, 5.74) is 2.51. The second-order valence-corrected chi connectivity index (χ2v) is 10.6. The first-order chi connectivity index (χ1) is 18.1. The van der Waals surface area contributed by atoms with Crippen molar-refractivity contribution in [1.82, 2.24) is 20.3 Å². The molecule has 4 rings (SSSR count). The second-order valence-electron chi connectivity index (χ2n) is 10.6. The monoisotopic (exact) mass is 533 g/mol. The van der Waals surface area contributed by atoms with E-state index >= 15 is 0 Å². The number of nitrogens with zero attached hydrogens (tertiary/aromatic N) is 3. The van der Waals surface area contributed by atoms with Crippen LogP contribution in [0, 0.1) is 17.8 Å². The van der Waals surface area contributed by atoms with Crippen LogP contribution in [0.25, 0.3) is 0 Å². The minimum Gasteiger partial charge on any atom is -0.465 e. The molecule has 1 fully saturated rings. The second kappa shape index (κ2) is 12.1. The molecule has 11 heteroatoms. The first-order valence-electron chi connectivity index (χ1n) is 13.2. The highest BCUT2D eigenvalue weighted by atomic mass is 19.4. The minimum atomic E-state index is -4.68. The quantitative estimate of drug-likeness (QED) is 0.428. The number of amides is 1. The van der Waals surface area contributed by atoms with Gasteiger partial charge in [0, 0.05) is 36.1 Å². The van der Waals surface area contributed by atoms with Gasteiger partial charge in [-0.3, -0.25) is 9.59 Å². The highest BCUT2D eigenvalue weighted by Crippen LogP contribution is 2.38. The summed E-state index contributed by atoms with van der Waals surface area (Å²) in [7, 11) is 0. The third kappa shape index (κ3) is 7.41. The number of aromatic nitrogens is 3. The molecule has 1 aliphatic heterocycles. The summed E-state index contributed by atoms with van der Waals surface area (Å²) >= 11 is 0. The maximum Gasteiger partial charge on any atom is 0.451 e. The lowest BCUT2D eigenvalue weighted by molar-refractivity contribution is -0.146. The van der Waals surface area contributed by atoms with E-state index in [2.05, 4.69) is 32.7 Å². The highest BCUT2D eigenvalue weighted by Gasteiger charge is 2.37. The number of anilines is 1. The standard InChI is InChI=1S/C27H34F3N5O3/c1-16(2)15-38-23(36)12-22(20-13-32-26(33-14-20)27(28,29)30)35-25(37)19-10-17(11-19)5-7-21-8-6-18-4-3-9-31-24(18)34-21/h6,8,13-14,16-17,19,22H,3-5,7,9-12,15H2,1-2H3,(H,31,34)(H,35,37)/t17-,19-,22?. The molecule has 2 aliphatic rings. The molecule has 2 aromatic heterocycles. The molecule has 206 valence electrons. The maximum atomic E-state index is 13.0. The van der Waals surface area contributed by atoms with Gasteiger partial charge in [-0.15, -0.1) is 0 Å². The summed E-state index contributed by atoms with van der Waals surface area (Å²) in [5.74, 6) is -0.796. The summed E-state index contributed by atoms with van der Waals surface area (Å²) in [6.45, 7) is 4.93. The number of fused-ring (bicyclic) bond motifs is 1. The smallest absolute Gasteiger partial charge is 0.451 e. The van der Waals surface area contributed by atoms with Crippen molar-refractivity contribution in [2.24, 2.45) is 17.8 Å². The summed E-state index contributed by atoms with van der Waals surface area (Å²) in [6, 6.07) is 3.33. The molecule has 38 heavy (non-hydrogen) atoms. The van der Waals surface area contributed by atoms with Crippen LogP contribution < -0.4 is 10.6 Å². The van der Waals surface area contributed by atoms with E-state index in [0.29, 0.717) is 18.8 Å². The van der Waals surface area contributed by atoms with Crippen molar-refractivity contribution in [2.75, 3.05) is 18.5 Å². The lowest BCUT2D eigenvalue weighted by Gasteiger charge is -2.35. The molecule has 0 spiro atoms. The Bertz CT molecular complexity index is 1120. The molecule has 2 N–H and O–H groups in total. The SMILES string of the molecule is CC(C)COC(=O)CC(NC(=O)[C@H]1C[C@H](CCc2ccc3c(n2)NCCC3)C1)c1cnc(C(F)(F)F)nc1. The van der Waals surface area contributed by atoms with Crippen LogP contribution in [-0.4, -0.2) is 40.0 Å². The van der Waals surface area contributed by atoms with Gasteiger partial charge in [-0.05, 0) is 62.0 Å². The van der Waals surface area contributed by atoms with Crippen molar-refractivity contribution in [2.45, 2.75) is 71.0 Å². The van der Waals surface area contributed by atoms with E-state index in [1.165, 1.54) is 5.56 Å². The van der Waals surface area contributed by atoms with Crippen molar-refractivity contribution in [3.8, 4) is 0 Å². The van der Waals surface area contributed by atoms with Crippen LogP contribution in [0.4, 0.5) is 19.0 Å². The van der Waals surface area contributed by atoms with Gasteiger partial charge in [-0.25, -0.2) is 15.0 Å². The van der Waals surface area contributed by atoms with Crippen LogP contribution in [-0.2, 0) is 33.3 Å². The van der Waals surface area contributed by atoms with Gasteiger partial charge >= 0.3 is 12.1 Å². The van der Waals surface area contributed by atoms with Crippen LogP contribution in [0.2, 0.25) is 0 Å². The maximum absolute atomic E-state index is 13.0. The number of halogens is 3. The molecule has 0 aromatic carbocycles. The lowest BCUT2D eigenvalue weighted by Crippen LogP contribution is -2.41. The molecule has 1 amide bonds. The highest BCUT2D eigenvalue weighted by molar-refractivity contribution is 5.81. The fraction of sp³-hybridized carbons (Fsp3) is 0.593. The number of esters is 1. The van der Waals surface area contributed by atoms with Crippen LogP contribution >= 0.6 is 0 Å². The number of aryl methyl sites for hydroxylation is 2. The van der Waals surface area contributed by atoms with Crippen molar-refractivity contribution >= 4 is 17.7 Å². The van der Waals surface area contributed by atoms with Gasteiger partial charge in [0.1, 0.15) is 5.82 Å². The summed E-state index contributed by atoms with van der Waals surface area (Å²) in [4.78, 5) is 36.8. The normalized spacial score (nSPS) is 19.6. The van der Waals surface area contributed by atoms with E-state index in [1.807, 2.05) is 13.8 Å². The van der Waals surface area contributed by atoms with Gasteiger partial charge < -0.3 is 15.4 Å². The number of hydrogen-bond acceptors (Lipinski definition) is 7. The zero-order valence-electron chi connectivity index (χ0n) is 21.7. The van der Waals surface area contributed by atoms with Crippen LogP contribution in [0.1, 0.15) is 74.6 Å². The third-order valence-electron chi connectivity index (χ3n) is 6.96. The molecule has 1 atom stereocenters. The Morgan fingerprint density at radius 1 is 1.18 bits per heavy atom. The molecule has 2 aromatic rings. The van der Waals surface area contributed by atoms with Gasteiger partial charge in [0.15, 0.2) is 0 Å². The van der Waals surface area contributed by atoms with Gasteiger partial charge in [-0.1, -0.05) is 19.9 Å². The molecule has 1 aliphatic carbocycles. The Kier molecular flexibility index (Phi) is 8.83. The number of nitrogens with one attached hydrogen (secondary N) is 2. The first kappa shape index (κ1) is 27.8. The molecular formula is C27H34F3N5O3. The average molecular weight is 534 g/mol. The number of alkyl halides is 3. The van der Waals surface area contributed by atoms with Gasteiger partial charge in [0.05, 0.1) is 19.1 Å². The summed E-state index contributed by atoms with van der Waals surface area (Å²) < 4.78 is 43.9. The topological polar surface area (TPSA) is 106 Å². The molecule has 1 saturated carbocycles. The summed E-state index contributed by atoms with van der Waals surface area (Å²) in [6.07, 6.45) is 2.44. The van der Waals surface area contributed by atoms with Crippen molar-refractivity contribution in [1.29, 1.82) is 0 Å². The van der Waals surface area contributed by atoms with E-state index in [9.17, 15) is 22.8 Å².